The van der Waals surface area contributed by atoms with Gasteiger partial charge in [-0.1, -0.05) is 42.0 Å². The van der Waals surface area contributed by atoms with Gasteiger partial charge in [0.15, 0.2) is 0 Å². The van der Waals surface area contributed by atoms with Gasteiger partial charge in [0.1, 0.15) is 5.58 Å². The van der Waals surface area contributed by atoms with Gasteiger partial charge in [-0.15, -0.1) is 0 Å². The molecule has 0 N–H and O–H groups in total. The third kappa shape index (κ3) is 2.27. The molecule has 0 unspecified atom stereocenters. The zero-order valence-corrected chi connectivity index (χ0v) is 16.2. The second-order valence-corrected chi connectivity index (χ2v) is 8.15. The highest BCUT2D eigenvalue weighted by atomic mass is 16.4. The minimum atomic E-state index is 0.924. The van der Waals surface area contributed by atoms with E-state index >= 15 is 0 Å². The summed E-state index contributed by atoms with van der Waals surface area (Å²) in [5.74, 6) is 0.998. The predicted octanol–water partition coefficient (Wildman–Crippen LogP) is 6.99. The molecule has 0 saturated carbocycles. The van der Waals surface area contributed by atoms with Crippen LogP contribution in [0.1, 0.15) is 40.7 Å². The van der Waals surface area contributed by atoms with E-state index < -0.39 is 0 Å². The first kappa shape index (κ1) is 16.0. The SMILES string of the molecule is Cc1ccc2oc3c(c2c1)Cc1ccccc1N3c1cccc2c1CCCC2. The van der Waals surface area contributed by atoms with E-state index in [9.17, 15) is 0 Å². The summed E-state index contributed by atoms with van der Waals surface area (Å²) in [6.45, 7) is 2.15. The molecule has 28 heavy (non-hydrogen) atoms. The molecule has 0 fully saturated rings. The summed E-state index contributed by atoms with van der Waals surface area (Å²) in [7, 11) is 0. The van der Waals surface area contributed by atoms with Crippen molar-refractivity contribution >= 4 is 28.2 Å². The second-order valence-electron chi connectivity index (χ2n) is 8.15. The van der Waals surface area contributed by atoms with Crippen molar-refractivity contribution in [2.75, 3.05) is 4.90 Å². The fourth-order valence-electron chi connectivity index (χ4n) is 4.99. The molecule has 1 aromatic heterocycles. The molecular formula is C26H23NO. The number of furan rings is 1. The van der Waals surface area contributed by atoms with Gasteiger partial charge < -0.3 is 4.42 Å². The smallest absolute Gasteiger partial charge is 0.209 e. The number of hydrogen-bond acceptors (Lipinski definition) is 2. The monoisotopic (exact) mass is 365 g/mol. The molecule has 2 aliphatic rings. The van der Waals surface area contributed by atoms with Gasteiger partial charge in [0.25, 0.3) is 0 Å². The van der Waals surface area contributed by atoms with E-state index in [1.807, 2.05) is 0 Å². The Morgan fingerprint density at radius 3 is 2.57 bits per heavy atom. The Kier molecular flexibility index (Phi) is 3.43. The Morgan fingerprint density at radius 1 is 0.786 bits per heavy atom. The summed E-state index contributed by atoms with van der Waals surface area (Å²) >= 11 is 0. The van der Waals surface area contributed by atoms with Gasteiger partial charge in [-0.05, 0) is 73.6 Å². The van der Waals surface area contributed by atoms with E-state index in [4.69, 9.17) is 4.42 Å². The number of rotatable bonds is 1. The first-order valence-electron chi connectivity index (χ1n) is 10.3. The number of para-hydroxylation sites is 1. The molecule has 1 aliphatic carbocycles. The molecule has 2 nitrogen and oxygen atoms in total. The summed E-state index contributed by atoms with van der Waals surface area (Å²) in [6.07, 6.45) is 5.82. The highest BCUT2D eigenvalue weighted by Crippen LogP contribution is 2.49. The number of fused-ring (bicyclic) bond motifs is 5. The van der Waals surface area contributed by atoms with Crippen LogP contribution in [-0.4, -0.2) is 0 Å². The fraction of sp³-hybridized carbons (Fsp3) is 0.231. The number of anilines is 3. The van der Waals surface area contributed by atoms with Crippen LogP contribution in [0, 0.1) is 6.92 Å². The maximum absolute atomic E-state index is 6.49. The van der Waals surface area contributed by atoms with E-state index in [1.165, 1.54) is 63.8 Å². The fourth-order valence-corrected chi connectivity index (χ4v) is 4.99. The van der Waals surface area contributed by atoms with Crippen molar-refractivity contribution in [2.45, 2.75) is 39.0 Å². The lowest BCUT2D eigenvalue weighted by Gasteiger charge is -2.33. The molecule has 0 amide bonds. The number of nitrogens with zero attached hydrogens (tertiary/aromatic N) is 1. The molecular weight excluding hydrogens is 342 g/mol. The van der Waals surface area contributed by atoms with Gasteiger partial charge in [0.05, 0.1) is 11.4 Å². The van der Waals surface area contributed by atoms with Crippen LogP contribution in [0.25, 0.3) is 11.0 Å². The minimum absolute atomic E-state index is 0.924. The summed E-state index contributed by atoms with van der Waals surface area (Å²) in [4.78, 5) is 2.38. The molecule has 3 aromatic carbocycles. The summed E-state index contributed by atoms with van der Waals surface area (Å²) in [6, 6.07) is 22.1. The van der Waals surface area contributed by atoms with Crippen molar-refractivity contribution in [1.82, 2.24) is 0 Å². The lowest BCUT2D eigenvalue weighted by atomic mass is 9.89. The number of benzene rings is 3. The molecule has 0 atom stereocenters. The zero-order valence-electron chi connectivity index (χ0n) is 16.2. The van der Waals surface area contributed by atoms with Crippen LogP contribution in [0.15, 0.2) is 65.1 Å². The van der Waals surface area contributed by atoms with Crippen molar-refractivity contribution in [3.05, 3.63) is 88.5 Å². The third-order valence-electron chi connectivity index (χ3n) is 6.34. The van der Waals surface area contributed by atoms with Gasteiger partial charge >= 0.3 is 0 Å². The molecule has 138 valence electrons. The predicted molar refractivity (Wildman–Crippen MR) is 115 cm³/mol. The van der Waals surface area contributed by atoms with Gasteiger partial charge in [0, 0.05) is 17.4 Å². The number of aryl methyl sites for hydroxylation is 2. The molecule has 6 rings (SSSR count). The van der Waals surface area contributed by atoms with Crippen LogP contribution in [0.5, 0.6) is 0 Å². The van der Waals surface area contributed by atoms with Crippen LogP contribution in [0.4, 0.5) is 17.3 Å². The van der Waals surface area contributed by atoms with Gasteiger partial charge in [-0.2, -0.15) is 0 Å². The van der Waals surface area contributed by atoms with E-state index in [-0.39, 0.29) is 0 Å². The normalized spacial score (nSPS) is 15.2. The summed E-state index contributed by atoms with van der Waals surface area (Å²) in [5, 5.41) is 1.25. The van der Waals surface area contributed by atoms with Crippen LogP contribution >= 0.6 is 0 Å². The third-order valence-corrected chi connectivity index (χ3v) is 6.34. The van der Waals surface area contributed by atoms with Crippen molar-refractivity contribution < 1.29 is 4.42 Å². The Hall–Kier alpha value is -3.00. The highest BCUT2D eigenvalue weighted by molar-refractivity contribution is 5.94. The maximum atomic E-state index is 6.49. The summed E-state index contributed by atoms with van der Waals surface area (Å²) < 4.78 is 6.49. The average Bonchev–Trinajstić information content (AvgIpc) is 3.09. The minimum Gasteiger partial charge on any atom is -0.439 e. The molecule has 0 spiro atoms. The quantitative estimate of drug-likeness (QED) is 0.318. The highest BCUT2D eigenvalue weighted by Gasteiger charge is 2.31. The van der Waals surface area contributed by atoms with Crippen molar-refractivity contribution in [1.29, 1.82) is 0 Å². The molecule has 2 heterocycles. The summed E-state index contributed by atoms with van der Waals surface area (Å²) in [5.41, 5.74) is 10.5. The molecule has 4 aromatic rings. The lowest BCUT2D eigenvalue weighted by molar-refractivity contribution is 0.612. The molecule has 2 heteroatoms. The van der Waals surface area contributed by atoms with Crippen molar-refractivity contribution in [3.63, 3.8) is 0 Å². The topological polar surface area (TPSA) is 16.4 Å². The molecule has 0 saturated heterocycles. The second kappa shape index (κ2) is 6.00. The average molecular weight is 365 g/mol. The van der Waals surface area contributed by atoms with E-state index in [1.54, 1.807) is 0 Å². The van der Waals surface area contributed by atoms with Crippen LogP contribution in [-0.2, 0) is 19.3 Å². The van der Waals surface area contributed by atoms with E-state index in [0.29, 0.717) is 0 Å². The molecule has 1 aliphatic heterocycles. The van der Waals surface area contributed by atoms with Gasteiger partial charge in [0.2, 0.25) is 5.88 Å². The Balaban J connectivity index is 1.66. The standard InChI is InChI=1S/C26H23NO/c1-17-13-14-25-21(15-17)22-16-19-8-3-5-11-23(19)27(26(22)28-25)24-12-6-9-18-7-2-4-10-20(18)24/h3,5-6,8-9,11-15H,2,4,7,10,16H2,1H3. The Morgan fingerprint density at radius 2 is 1.61 bits per heavy atom. The van der Waals surface area contributed by atoms with Gasteiger partial charge in [-0.3, -0.25) is 4.90 Å². The zero-order chi connectivity index (χ0) is 18.7. The lowest BCUT2D eigenvalue weighted by Crippen LogP contribution is -2.20. The van der Waals surface area contributed by atoms with E-state index in [0.717, 1.165) is 24.3 Å². The Bertz CT molecular complexity index is 1220. The van der Waals surface area contributed by atoms with E-state index in [2.05, 4.69) is 72.5 Å². The van der Waals surface area contributed by atoms with Crippen LogP contribution < -0.4 is 4.90 Å². The largest absolute Gasteiger partial charge is 0.439 e. The first-order valence-corrected chi connectivity index (χ1v) is 10.3. The number of hydrogen-bond donors (Lipinski definition) is 0. The van der Waals surface area contributed by atoms with Crippen molar-refractivity contribution in [3.8, 4) is 0 Å². The molecule has 0 radical (unpaired) electrons. The first-order chi connectivity index (χ1) is 13.8. The molecule has 0 bridgehead atoms. The van der Waals surface area contributed by atoms with Crippen LogP contribution in [0.2, 0.25) is 0 Å². The van der Waals surface area contributed by atoms with Crippen LogP contribution in [0.3, 0.4) is 0 Å². The van der Waals surface area contributed by atoms with Crippen molar-refractivity contribution in [2.24, 2.45) is 0 Å². The maximum Gasteiger partial charge on any atom is 0.209 e. The Labute approximate surface area is 165 Å². The van der Waals surface area contributed by atoms with Gasteiger partial charge in [-0.25, -0.2) is 0 Å².